The van der Waals surface area contributed by atoms with Gasteiger partial charge in [0.05, 0.1) is 24.2 Å². The summed E-state index contributed by atoms with van der Waals surface area (Å²) in [7, 11) is -1.79. The molecule has 0 heterocycles. The zero-order valence-electron chi connectivity index (χ0n) is 12.7. The van der Waals surface area contributed by atoms with Gasteiger partial charge in [0.1, 0.15) is 5.75 Å². The second kappa shape index (κ2) is 6.36. The lowest BCUT2D eigenvalue weighted by Gasteiger charge is -2.34. The number of benzene rings is 1. The largest absolute Gasteiger partial charge is 0.497 e. The van der Waals surface area contributed by atoms with E-state index in [1.807, 2.05) is 0 Å². The van der Waals surface area contributed by atoms with E-state index in [0.29, 0.717) is 30.1 Å². The highest BCUT2D eigenvalue weighted by molar-refractivity contribution is 7.90. The fraction of sp³-hybridized carbons (Fsp3) is 0.625. The van der Waals surface area contributed by atoms with Crippen molar-refractivity contribution < 1.29 is 18.3 Å². The van der Waals surface area contributed by atoms with Crippen molar-refractivity contribution >= 4 is 9.84 Å². The molecule has 1 fully saturated rings. The van der Waals surface area contributed by atoms with E-state index in [4.69, 9.17) is 4.74 Å². The van der Waals surface area contributed by atoms with Crippen molar-refractivity contribution in [2.45, 2.75) is 44.0 Å². The third-order valence-corrected chi connectivity index (χ3v) is 5.96. The van der Waals surface area contributed by atoms with Gasteiger partial charge >= 0.3 is 0 Å². The topological polar surface area (TPSA) is 63.6 Å². The summed E-state index contributed by atoms with van der Waals surface area (Å²) in [6, 6.07) is 7.06. The molecule has 21 heavy (non-hydrogen) atoms. The van der Waals surface area contributed by atoms with Crippen LogP contribution >= 0.6 is 0 Å². The van der Waals surface area contributed by atoms with Gasteiger partial charge in [0.2, 0.25) is 0 Å². The summed E-state index contributed by atoms with van der Waals surface area (Å²) in [5, 5.41) is 10.5. The van der Waals surface area contributed by atoms with Crippen molar-refractivity contribution in [2.24, 2.45) is 5.92 Å². The minimum absolute atomic E-state index is 0.0535. The van der Waals surface area contributed by atoms with E-state index in [1.54, 1.807) is 31.4 Å². The molecule has 1 aromatic carbocycles. The molecule has 0 aliphatic heterocycles. The lowest BCUT2D eigenvalue weighted by atomic mass is 9.81. The minimum atomic E-state index is -3.34. The third-order valence-electron chi connectivity index (χ3n) is 4.21. The van der Waals surface area contributed by atoms with Gasteiger partial charge in [-0.15, -0.1) is 0 Å². The summed E-state index contributed by atoms with van der Waals surface area (Å²) >= 11 is 0. The van der Waals surface area contributed by atoms with Gasteiger partial charge in [-0.2, -0.15) is 0 Å². The van der Waals surface area contributed by atoms with E-state index >= 15 is 0 Å². The summed E-state index contributed by atoms with van der Waals surface area (Å²) in [4.78, 5) is 0. The average molecular weight is 312 g/mol. The van der Waals surface area contributed by atoms with Gasteiger partial charge in [-0.05, 0) is 49.3 Å². The number of hydrogen-bond donors (Lipinski definition) is 1. The number of methoxy groups -OCH3 is 1. The second-order valence-electron chi connectivity index (χ2n) is 6.29. The fourth-order valence-corrected chi connectivity index (χ4v) is 4.82. The Morgan fingerprint density at radius 1 is 1.33 bits per heavy atom. The Kier molecular flexibility index (Phi) is 4.94. The van der Waals surface area contributed by atoms with Crippen molar-refractivity contribution in [1.29, 1.82) is 0 Å². The van der Waals surface area contributed by atoms with Gasteiger partial charge < -0.3 is 9.84 Å². The van der Waals surface area contributed by atoms with Crippen LogP contribution in [0.5, 0.6) is 5.75 Å². The van der Waals surface area contributed by atoms with Crippen LogP contribution in [0.1, 0.15) is 38.2 Å². The Morgan fingerprint density at radius 2 is 2.00 bits per heavy atom. The molecule has 1 aliphatic carbocycles. The molecule has 4 nitrogen and oxygen atoms in total. The van der Waals surface area contributed by atoms with Crippen LogP contribution in [0, 0.1) is 5.92 Å². The number of sulfone groups is 1. The molecule has 0 unspecified atom stereocenters. The molecule has 0 saturated heterocycles. The molecule has 1 aliphatic rings. The lowest BCUT2D eigenvalue weighted by molar-refractivity contribution is 0.0135. The van der Waals surface area contributed by atoms with Crippen LogP contribution in [0.25, 0.3) is 0 Å². The van der Waals surface area contributed by atoms with Crippen molar-refractivity contribution in [2.75, 3.05) is 12.9 Å². The standard InChI is InChI=1S/C16H24O4S/c1-13-6-8-16(17,9-7-13)12-21(18,19)11-14-4-3-5-15(10-14)20-2/h3-5,10,13,17H,6-9,11-12H2,1-2H3. The number of aliphatic hydroxyl groups is 1. The van der Waals surface area contributed by atoms with Crippen molar-refractivity contribution in [3.05, 3.63) is 29.8 Å². The number of rotatable bonds is 5. The van der Waals surface area contributed by atoms with Crippen molar-refractivity contribution in [3.8, 4) is 5.75 Å². The zero-order chi connectivity index (χ0) is 15.5. The van der Waals surface area contributed by atoms with Gasteiger partial charge in [-0.3, -0.25) is 0 Å². The summed E-state index contributed by atoms with van der Waals surface area (Å²) in [6.45, 7) is 2.14. The van der Waals surface area contributed by atoms with E-state index in [2.05, 4.69) is 6.92 Å². The van der Waals surface area contributed by atoms with E-state index in [0.717, 1.165) is 12.8 Å². The molecule has 5 heteroatoms. The quantitative estimate of drug-likeness (QED) is 0.907. The second-order valence-corrected chi connectivity index (χ2v) is 8.36. The Morgan fingerprint density at radius 3 is 2.62 bits per heavy atom. The Labute approximate surface area is 127 Å². The van der Waals surface area contributed by atoms with Crippen LogP contribution < -0.4 is 4.74 Å². The summed E-state index contributed by atoms with van der Waals surface area (Å²) in [6.07, 6.45) is 2.94. The maximum absolute atomic E-state index is 12.4. The third kappa shape index (κ3) is 4.71. The van der Waals surface area contributed by atoms with Crippen LogP contribution in [-0.2, 0) is 15.6 Å². The van der Waals surface area contributed by atoms with E-state index in [1.165, 1.54) is 0 Å². The van der Waals surface area contributed by atoms with Gasteiger partial charge in [0.15, 0.2) is 9.84 Å². The molecule has 1 aromatic rings. The molecule has 1 N–H and O–H groups in total. The Bertz CT molecular complexity index is 572. The predicted molar refractivity (Wildman–Crippen MR) is 83.1 cm³/mol. The highest BCUT2D eigenvalue weighted by Crippen LogP contribution is 2.33. The van der Waals surface area contributed by atoms with Crippen molar-refractivity contribution in [1.82, 2.24) is 0 Å². The first kappa shape index (κ1) is 16.3. The Balaban J connectivity index is 2.04. The summed E-state index contributed by atoms with van der Waals surface area (Å²) in [5.41, 5.74) is -0.355. The summed E-state index contributed by atoms with van der Waals surface area (Å²) in [5.74, 6) is 1.02. The monoisotopic (exact) mass is 312 g/mol. The van der Waals surface area contributed by atoms with Gasteiger partial charge in [0.25, 0.3) is 0 Å². The highest BCUT2D eigenvalue weighted by atomic mass is 32.2. The molecule has 0 atom stereocenters. The van der Waals surface area contributed by atoms with Gasteiger partial charge in [-0.25, -0.2) is 8.42 Å². The highest BCUT2D eigenvalue weighted by Gasteiger charge is 2.36. The SMILES string of the molecule is COc1cccc(CS(=O)(=O)CC2(O)CCC(C)CC2)c1. The number of ether oxygens (including phenoxy) is 1. The van der Waals surface area contributed by atoms with Crippen LogP contribution in [-0.4, -0.2) is 32.0 Å². The molecular formula is C16H24O4S. The average Bonchev–Trinajstić information content (AvgIpc) is 2.41. The van der Waals surface area contributed by atoms with Crippen LogP contribution in [0.3, 0.4) is 0 Å². The van der Waals surface area contributed by atoms with E-state index in [-0.39, 0.29) is 11.5 Å². The summed E-state index contributed by atoms with van der Waals surface area (Å²) < 4.78 is 29.8. The molecule has 0 spiro atoms. The first-order chi connectivity index (χ1) is 9.82. The molecule has 0 aromatic heterocycles. The molecule has 0 radical (unpaired) electrons. The van der Waals surface area contributed by atoms with Crippen LogP contribution in [0.4, 0.5) is 0 Å². The van der Waals surface area contributed by atoms with Crippen LogP contribution in [0.15, 0.2) is 24.3 Å². The number of hydrogen-bond acceptors (Lipinski definition) is 4. The van der Waals surface area contributed by atoms with Gasteiger partial charge in [0, 0.05) is 0 Å². The lowest BCUT2D eigenvalue weighted by Crippen LogP contribution is -2.40. The molecular weight excluding hydrogens is 288 g/mol. The molecule has 0 amide bonds. The predicted octanol–water partition coefficient (Wildman–Crippen LogP) is 2.55. The molecule has 2 rings (SSSR count). The van der Waals surface area contributed by atoms with Crippen LogP contribution in [0.2, 0.25) is 0 Å². The smallest absolute Gasteiger partial charge is 0.157 e. The first-order valence-electron chi connectivity index (χ1n) is 7.38. The maximum Gasteiger partial charge on any atom is 0.157 e. The van der Waals surface area contributed by atoms with Crippen molar-refractivity contribution in [3.63, 3.8) is 0 Å². The Hall–Kier alpha value is -1.07. The van der Waals surface area contributed by atoms with E-state index in [9.17, 15) is 13.5 Å². The van der Waals surface area contributed by atoms with Gasteiger partial charge in [-0.1, -0.05) is 19.1 Å². The zero-order valence-corrected chi connectivity index (χ0v) is 13.5. The normalized spacial score (nSPS) is 26.5. The molecule has 118 valence electrons. The molecule has 1 saturated carbocycles. The van der Waals surface area contributed by atoms with E-state index < -0.39 is 15.4 Å². The maximum atomic E-state index is 12.4. The first-order valence-corrected chi connectivity index (χ1v) is 9.20. The minimum Gasteiger partial charge on any atom is -0.497 e. The fourth-order valence-electron chi connectivity index (χ4n) is 2.92. The molecule has 0 bridgehead atoms.